The van der Waals surface area contributed by atoms with Crippen LogP contribution in [0.4, 0.5) is 10.5 Å². The maximum atomic E-state index is 11.3. The first-order valence-corrected chi connectivity index (χ1v) is 4.74. The highest BCUT2D eigenvalue weighted by molar-refractivity contribution is 5.89. The highest BCUT2D eigenvalue weighted by Crippen LogP contribution is 2.01. The topological polar surface area (TPSA) is 80.3 Å². The van der Waals surface area contributed by atoms with Crippen molar-refractivity contribution in [1.29, 1.82) is 0 Å². The molecule has 0 bridgehead atoms. The van der Waals surface area contributed by atoms with Crippen LogP contribution < -0.4 is 10.6 Å². The molecule has 1 aromatic rings. The molecule has 86 valence electrons. The predicted octanol–water partition coefficient (Wildman–Crippen LogP) is 0.766. The molecule has 0 aliphatic heterocycles. The monoisotopic (exact) mass is 223 g/mol. The lowest BCUT2D eigenvalue weighted by atomic mass is 10.4. The molecule has 0 spiro atoms. The standard InChI is InChI=1S/C10H13N3O3/c1-16-9(14)4-7-12-10(15)13-8-2-5-11-6-3-8/h2-3,5-6H,4,7H2,1H3,(H2,11,12,13,15). The summed E-state index contributed by atoms with van der Waals surface area (Å²) in [5, 5.41) is 5.12. The van der Waals surface area contributed by atoms with E-state index in [1.807, 2.05) is 0 Å². The number of esters is 1. The van der Waals surface area contributed by atoms with E-state index in [4.69, 9.17) is 0 Å². The van der Waals surface area contributed by atoms with Crippen molar-refractivity contribution in [3.05, 3.63) is 24.5 Å². The van der Waals surface area contributed by atoms with Gasteiger partial charge in [-0.2, -0.15) is 0 Å². The van der Waals surface area contributed by atoms with E-state index in [-0.39, 0.29) is 25.0 Å². The van der Waals surface area contributed by atoms with Gasteiger partial charge in [-0.05, 0) is 12.1 Å². The molecule has 1 heterocycles. The molecule has 0 aliphatic rings. The van der Waals surface area contributed by atoms with Gasteiger partial charge in [0, 0.05) is 24.6 Å². The lowest BCUT2D eigenvalue weighted by Crippen LogP contribution is -2.30. The molecule has 0 saturated heterocycles. The average Bonchev–Trinajstić information content (AvgIpc) is 2.30. The molecule has 0 aliphatic carbocycles. The lowest BCUT2D eigenvalue weighted by molar-refractivity contribution is -0.140. The summed E-state index contributed by atoms with van der Waals surface area (Å²) in [7, 11) is 1.30. The third-order valence-corrected chi connectivity index (χ3v) is 1.78. The Morgan fingerprint density at radius 1 is 1.38 bits per heavy atom. The highest BCUT2D eigenvalue weighted by atomic mass is 16.5. The van der Waals surface area contributed by atoms with Gasteiger partial charge in [0.2, 0.25) is 0 Å². The first-order chi connectivity index (χ1) is 7.72. The summed E-state index contributed by atoms with van der Waals surface area (Å²) in [4.78, 5) is 25.9. The Bertz CT molecular complexity index is 354. The molecule has 1 rings (SSSR count). The van der Waals surface area contributed by atoms with Crippen LogP contribution in [0.3, 0.4) is 0 Å². The lowest BCUT2D eigenvalue weighted by Gasteiger charge is -2.06. The number of nitrogens with one attached hydrogen (secondary N) is 2. The number of nitrogens with zero attached hydrogens (tertiary/aromatic N) is 1. The van der Waals surface area contributed by atoms with Crippen LogP contribution in [0, 0.1) is 0 Å². The van der Waals surface area contributed by atoms with Gasteiger partial charge in [0.25, 0.3) is 0 Å². The fourth-order valence-electron chi connectivity index (χ4n) is 0.991. The van der Waals surface area contributed by atoms with E-state index < -0.39 is 0 Å². The Labute approximate surface area is 93.0 Å². The van der Waals surface area contributed by atoms with Crippen molar-refractivity contribution in [2.24, 2.45) is 0 Å². The molecule has 6 nitrogen and oxygen atoms in total. The van der Waals surface area contributed by atoms with Crippen molar-refractivity contribution in [2.45, 2.75) is 6.42 Å². The van der Waals surface area contributed by atoms with E-state index in [2.05, 4.69) is 20.4 Å². The Morgan fingerprint density at radius 2 is 2.06 bits per heavy atom. The molecular weight excluding hydrogens is 210 g/mol. The number of methoxy groups -OCH3 is 1. The number of carbonyl (C=O) groups is 2. The van der Waals surface area contributed by atoms with Crippen molar-refractivity contribution in [3.8, 4) is 0 Å². The van der Waals surface area contributed by atoms with Gasteiger partial charge >= 0.3 is 12.0 Å². The smallest absolute Gasteiger partial charge is 0.319 e. The Hall–Kier alpha value is -2.11. The number of aromatic nitrogens is 1. The zero-order valence-corrected chi connectivity index (χ0v) is 8.90. The van der Waals surface area contributed by atoms with Crippen LogP contribution in [0.1, 0.15) is 6.42 Å². The van der Waals surface area contributed by atoms with Gasteiger partial charge in [0.15, 0.2) is 0 Å². The molecule has 16 heavy (non-hydrogen) atoms. The number of hydrogen-bond acceptors (Lipinski definition) is 4. The molecule has 0 fully saturated rings. The summed E-state index contributed by atoms with van der Waals surface area (Å²) in [6.45, 7) is 0.240. The quantitative estimate of drug-likeness (QED) is 0.739. The minimum Gasteiger partial charge on any atom is -0.469 e. The Morgan fingerprint density at radius 3 is 2.69 bits per heavy atom. The molecule has 0 aromatic carbocycles. The third kappa shape index (κ3) is 4.41. The van der Waals surface area contributed by atoms with Crippen LogP contribution in [0.5, 0.6) is 0 Å². The minimum atomic E-state index is -0.366. The minimum absolute atomic E-state index is 0.153. The summed E-state index contributed by atoms with van der Waals surface area (Å²) < 4.78 is 4.43. The molecule has 0 unspecified atom stereocenters. The van der Waals surface area contributed by atoms with Gasteiger partial charge in [-0.25, -0.2) is 4.79 Å². The average molecular weight is 223 g/mol. The van der Waals surface area contributed by atoms with E-state index >= 15 is 0 Å². The number of anilines is 1. The summed E-state index contributed by atoms with van der Waals surface area (Å²) >= 11 is 0. The fraction of sp³-hybridized carbons (Fsp3) is 0.300. The fourth-order valence-corrected chi connectivity index (χ4v) is 0.991. The zero-order valence-electron chi connectivity index (χ0n) is 8.90. The van der Waals surface area contributed by atoms with E-state index in [0.29, 0.717) is 5.69 Å². The summed E-state index contributed by atoms with van der Waals surface area (Å²) in [6, 6.07) is 2.97. The molecule has 0 saturated carbocycles. The van der Waals surface area contributed by atoms with Gasteiger partial charge in [0.1, 0.15) is 0 Å². The highest BCUT2D eigenvalue weighted by Gasteiger charge is 2.03. The molecular formula is C10H13N3O3. The van der Waals surface area contributed by atoms with Crippen molar-refractivity contribution in [3.63, 3.8) is 0 Å². The maximum absolute atomic E-state index is 11.3. The van der Waals surface area contributed by atoms with E-state index in [9.17, 15) is 9.59 Å². The number of ether oxygens (including phenoxy) is 1. The van der Waals surface area contributed by atoms with Crippen LogP contribution in [-0.4, -0.2) is 30.6 Å². The molecule has 1 aromatic heterocycles. The van der Waals surface area contributed by atoms with E-state index in [1.54, 1.807) is 24.5 Å². The third-order valence-electron chi connectivity index (χ3n) is 1.78. The van der Waals surface area contributed by atoms with E-state index in [1.165, 1.54) is 7.11 Å². The van der Waals surface area contributed by atoms with Crippen molar-refractivity contribution in [2.75, 3.05) is 19.0 Å². The van der Waals surface area contributed by atoms with Crippen LogP contribution in [0.2, 0.25) is 0 Å². The molecule has 2 N–H and O–H groups in total. The summed E-state index contributed by atoms with van der Waals surface area (Å²) in [6.07, 6.45) is 3.30. The van der Waals surface area contributed by atoms with Gasteiger partial charge in [-0.15, -0.1) is 0 Å². The second kappa shape index (κ2) is 6.39. The number of carbonyl (C=O) groups excluding carboxylic acids is 2. The number of hydrogen-bond donors (Lipinski definition) is 2. The van der Waals surface area contributed by atoms with Crippen LogP contribution in [0.25, 0.3) is 0 Å². The van der Waals surface area contributed by atoms with Crippen LogP contribution in [-0.2, 0) is 9.53 Å². The summed E-state index contributed by atoms with van der Waals surface area (Å²) in [5.41, 5.74) is 0.644. The summed E-state index contributed by atoms with van der Waals surface area (Å²) in [5.74, 6) is -0.357. The largest absolute Gasteiger partial charge is 0.469 e. The SMILES string of the molecule is COC(=O)CCNC(=O)Nc1ccncc1. The number of amides is 2. The Kier molecular flexibility index (Phi) is 4.78. The van der Waals surface area contributed by atoms with Crippen molar-refractivity contribution < 1.29 is 14.3 Å². The Balaban J connectivity index is 2.24. The number of urea groups is 1. The van der Waals surface area contributed by atoms with Crippen molar-refractivity contribution in [1.82, 2.24) is 10.3 Å². The van der Waals surface area contributed by atoms with Gasteiger partial charge in [-0.3, -0.25) is 9.78 Å². The number of rotatable bonds is 4. The second-order valence-electron chi connectivity index (χ2n) is 2.94. The zero-order chi connectivity index (χ0) is 11.8. The number of pyridine rings is 1. The van der Waals surface area contributed by atoms with Crippen LogP contribution in [0.15, 0.2) is 24.5 Å². The molecule has 0 atom stereocenters. The first-order valence-electron chi connectivity index (χ1n) is 4.74. The first kappa shape index (κ1) is 12.0. The van der Waals surface area contributed by atoms with Gasteiger partial charge in [-0.1, -0.05) is 0 Å². The second-order valence-corrected chi connectivity index (χ2v) is 2.94. The molecule has 6 heteroatoms. The van der Waals surface area contributed by atoms with E-state index in [0.717, 1.165) is 0 Å². The van der Waals surface area contributed by atoms with Gasteiger partial charge in [0.05, 0.1) is 13.5 Å². The predicted molar refractivity (Wildman–Crippen MR) is 57.9 cm³/mol. The molecule has 0 radical (unpaired) electrons. The van der Waals surface area contributed by atoms with Crippen LogP contribution >= 0.6 is 0 Å². The van der Waals surface area contributed by atoms with Crippen molar-refractivity contribution >= 4 is 17.7 Å². The maximum Gasteiger partial charge on any atom is 0.319 e. The molecule has 2 amide bonds. The van der Waals surface area contributed by atoms with Gasteiger partial charge < -0.3 is 15.4 Å². The normalized spacial score (nSPS) is 9.31.